The smallest absolute Gasteiger partial charge is 0.119 e. The number of aromatic nitrogens is 2. The molecule has 2 aromatic rings. The van der Waals surface area contributed by atoms with Crippen LogP contribution in [-0.2, 0) is 6.42 Å². The third-order valence-electron chi connectivity index (χ3n) is 2.55. The van der Waals surface area contributed by atoms with Crippen LogP contribution in [0.1, 0.15) is 19.4 Å². The first-order chi connectivity index (χ1) is 8.15. The molecular weight excluding hydrogens is 228 g/mol. The Kier molecular flexibility index (Phi) is 3.69. The fraction of sp³-hybridized carbons (Fsp3) is 0.286. The molecule has 0 atom stereocenters. The lowest BCUT2D eigenvalue weighted by molar-refractivity contribution is 0.647. The second-order valence-electron chi connectivity index (χ2n) is 4.60. The van der Waals surface area contributed by atoms with Crippen LogP contribution in [0, 0.1) is 10.6 Å². The van der Waals surface area contributed by atoms with Crippen molar-refractivity contribution < 1.29 is 0 Å². The molecule has 88 valence electrons. The van der Waals surface area contributed by atoms with Crippen molar-refractivity contribution in [3.05, 3.63) is 46.6 Å². The van der Waals surface area contributed by atoms with Crippen molar-refractivity contribution >= 4 is 12.2 Å². The van der Waals surface area contributed by atoms with Crippen LogP contribution in [0.3, 0.4) is 0 Å². The van der Waals surface area contributed by atoms with Gasteiger partial charge in [-0.1, -0.05) is 44.3 Å². The first-order valence-electron chi connectivity index (χ1n) is 5.80. The Morgan fingerprint density at radius 3 is 2.71 bits per heavy atom. The normalized spacial score (nSPS) is 10.8. The molecule has 0 aliphatic carbocycles. The molecule has 0 radical (unpaired) electrons. The van der Waals surface area contributed by atoms with Gasteiger partial charge in [0.2, 0.25) is 0 Å². The number of nitrogens with one attached hydrogen (secondary N) is 1. The molecule has 0 bridgehead atoms. The average Bonchev–Trinajstić information content (AvgIpc) is 2.29. The molecule has 17 heavy (non-hydrogen) atoms. The zero-order chi connectivity index (χ0) is 12.3. The second-order valence-corrected chi connectivity index (χ2v) is 5.04. The molecule has 1 N–H and O–H groups in total. The van der Waals surface area contributed by atoms with Crippen LogP contribution in [0.4, 0.5) is 0 Å². The SMILES string of the molecule is CC(C)Cc1cccc(-c2ccc(=S)[nH]n2)c1. The Balaban J connectivity index is 2.32. The number of nitrogens with zero attached hydrogens (tertiary/aromatic N) is 1. The summed E-state index contributed by atoms with van der Waals surface area (Å²) < 4.78 is 0.659. The molecule has 1 aromatic heterocycles. The quantitative estimate of drug-likeness (QED) is 0.827. The van der Waals surface area contributed by atoms with Gasteiger partial charge in [-0.25, -0.2) is 0 Å². The van der Waals surface area contributed by atoms with Gasteiger partial charge in [-0.05, 0) is 36.1 Å². The fourth-order valence-electron chi connectivity index (χ4n) is 1.83. The Hall–Kier alpha value is -1.48. The lowest BCUT2D eigenvalue weighted by Gasteiger charge is -2.07. The zero-order valence-corrected chi connectivity index (χ0v) is 10.9. The summed E-state index contributed by atoms with van der Waals surface area (Å²) in [5.74, 6) is 0.666. The molecule has 2 nitrogen and oxygen atoms in total. The highest BCUT2D eigenvalue weighted by Gasteiger charge is 2.02. The van der Waals surface area contributed by atoms with Crippen molar-refractivity contribution in [1.82, 2.24) is 10.2 Å². The van der Waals surface area contributed by atoms with Gasteiger partial charge in [-0.2, -0.15) is 5.10 Å². The van der Waals surface area contributed by atoms with E-state index in [2.05, 4.69) is 48.3 Å². The Morgan fingerprint density at radius 2 is 2.06 bits per heavy atom. The molecule has 0 aliphatic rings. The van der Waals surface area contributed by atoms with E-state index < -0.39 is 0 Å². The predicted octanol–water partition coefficient (Wildman–Crippen LogP) is 4.00. The summed E-state index contributed by atoms with van der Waals surface area (Å²) in [5, 5.41) is 7.06. The number of H-pyrrole nitrogens is 1. The number of rotatable bonds is 3. The number of hydrogen-bond acceptors (Lipinski definition) is 2. The van der Waals surface area contributed by atoms with E-state index >= 15 is 0 Å². The topological polar surface area (TPSA) is 28.7 Å². The molecule has 3 heteroatoms. The fourth-order valence-corrected chi connectivity index (χ4v) is 1.95. The highest BCUT2D eigenvalue weighted by molar-refractivity contribution is 7.71. The van der Waals surface area contributed by atoms with Gasteiger partial charge in [-0.3, -0.25) is 5.10 Å². The standard InChI is InChI=1S/C14H16N2S/c1-10(2)8-11-4-3-5-12(9-11)13-6-7-14(17)16-15-13/h3-7,9-10H,8H2,1-2H3,(H,16,17). The van der Waals surface area contributed by atoms with Crippen molar-refractivity contribution in [1.29, 1.82) is 0 Å². The monoisotopic (exact) mass is 244 g/mol. The number of hydrogen-bond donors (Lipinski definition) is 1. The molecule has 0 saturated heterocycles. The van der Waals surface area contributed by atoms with E-state index in [0.29, 0.717) is 10.6 Å². The Bertz CT molecular complexity index is 538. The maximum Gasteiger partial charge on any atom is 0.119 e. The van der Waals surface area contributed by atoms with Crippen LogP contribution in [0.25, 0.3) is 11.3 Å². The Morgan fingerprint density at radius 1 is 1.24 bits per heavy atom. The highest BCUT2D eigenvalue weighted by atomic mass is 32.1. The third-order valence-corrected chi connectivity index (χ3v) is 2.77. The molecule has 2 rings (SSSR count). The van der Waals surface area contributed by atoms with Crippen molar-refractivity contribution in [2.24, 2.45) is 5.92 Å². The molecule has 0 amide bonds. The van der Waals surface area contributed by atoms with Gasteiger partial charge in [0, 0.05) is 5.56 Å². The lowest BCUT2D eigenvalue weighted by Crippen LogP contribution is -1.94. The van der Waals surface area contributed by atoms with Gasteiger partial charge in [0.15, 0.2) is 0 Å². The summed E-state index contributed by atoms with van der Waals surface area (Å²) in [6, 6.07) is 12.3. The summed E-state index contributed by atoms with van der Waals surface area (Å²) >= 11 is 4.99. The van der Waals surface area contributed by atoms with Crippen LogP contribution < -0.4 is 0 Å². The van der Waals surface area contributed by atoms with Gasteiger partial charge >= 0.3 is 0 Å². The van der Waals surface area contributed by atoms with E-state index in [-0.39, 0.29) is 0 Å². The van der Waals surface area contributed by atoms with Gasteiger partial charge < -0.3 is 0 Å². The van der Waals surface area contributed by atoms with Crippen LogP contribution in [0.5, 0.6) is 0 Å². The zero-order valence-electron chi connectivity index (χ0n) is 10.1. The van der Waals surface area contributed by atoms with E-state index in [1.54, 1.807) is 0 Å². The van der Waals surface area contributed by atoms with Crippen LogP contribution >= 0.6 is 12.2 Å². The van der Waals surface area contributed by atoms with Gasteiger partial charge in [0.25, 0.3) is 0 Å². The highest BCUT2D eigenvalue weighted by Crippen LogP contribution is 2.19. The lowest BCUT2D eigenvalue weighted by atomic mass is 10.00. The molecule has 0 saturated carbocycles. The second kappa shape index (κ2) is 5.23. The minimum absolute atomic E-state index is 0.659. The van der Waals surface area contributed by atoms with Crippen LogP contribution in [0.15, 0.2) is 36.4 Å². The summed E-state index contributed by atoms with van der Waals surface area (Å²) in [5.41, 5.74) is 3.42. The van der Waals surface area contributed by atoms with Crippen LogP contribution in [-0.4, -0.2) is 10.2 Å². The maximum absolute atomic E-state index is 4.99. The summed E-state index contributed by atoms with van der Waals surface area (Å²) in [6.45, 7) is 4.45. The summed E-state index contributed by atoms with van der Waals surface area (Å²) in [4.78, 5) is 0. The van der Waals surface area contributed by atoms with Crippen molar-refractivity contribution in [3.63, 3.8) is 0 Å². The first kappa shape index (κ1) is 12.0. The van der Waals surface area contributed by atoms with E-state index in [9.17, 15) is 0 Å². The van der Waals surface area contributed by atoms with Gasteiger partial charge in [0.05, 0.1) is 5.69 Å². The molecular formula is C14H16N2S. The Labute approximate surface area is 107 Å². The molecule has 0 spiro atoms. The number of aromatic amines is 1. The minimum atomic E-state index is 0.659. The summed E-state index contributed by atoms with van der Waals surface area (Å²) in [6.07, 6.45) is 1.09. The van der Waals surface area contributed by atoms with Crippen molar-refractivity contribution in [2.75, 3.05) is 0 Å². The predicted molar refractivity (Wildman–Crippen MR) is 73.4 cm³/mol. The first-order valence-corrected chi connectivity index (χ1v) is 6.21. The molecule has 1 heterocycles. The molecule has 0 unspecified atom stereocenters. The van der Waals surface area contributed by atoms with Crippen LogP contribution in [0.2, 0.25) is 0 Å². The number of benzene rings is 1. The van der Waals surface area contributed by atoms with E-state index in [4.69, 9.17) is 12.2 Å². The van der Waals surface area contributed by atoms with Gasteiger partial charge in [0.1, 0.15) is 4.64 Å². The minimum Gasteiger partial charge on any atom is -0.267 e. The average molecular weight is 244 g/mol. The molecule has 1 aromatic carbocycles. The molecule has 0 aliphatic heterocycles. The summed E-state index contributed by atoms with van der Waals surface area (Å²) in [7, 11) is 0. The largest absolute Gasteiger partial charge is 0.267 e. The van der Waals surface area contributed by atoms with E-state index in [1.165, 1.54) is 5.56 Å². The molecule has 0 fully saturated rings. The van der Waals surface area contributed by atoms with Crippen molar-refractivity contribution in [3.8, 4) is 11.3 Å². The maximum atomic E-state index is 4.99. The van der Waals surface area contributed by atoms with Crippen molar-refractivity contribution in [2.45, 2.75) is 20.3 Å². The third kappa shape index (κ3) is 3.24. The van der Waals surface area contributed by atoms with E-state index in [1.807, 2.05) is 12.1 Å². The van der Waals surface area contributed by atoms with E-state index in [0.717, 1.165) is 17.7 Å². The van der Waals surface area contributed by atoms with Gasteiger partial charge in [-0.15, -0.1) is 0 Å².